The van der Waals surface area contributed by atoms with E-state index in [0.29, 0.717) is 16.9 Å². The van der Waals surface area contributed by atoms with Crippen LogP contribution in [-0.2, 0) is 6.61 Å². The average molecular weight is 298 g/mol. The van der Waals surface area contributed by atoms with Crippen LogP contribution in [0.3, 0.4) is 0 Å². The van der Waals surface area contributed by atoms with Gasteiger partial charge in [-0.15, -0.1) is 0 Å². The molecule has 0 aliphatic heterocycles. The lowest BCUT2D eigenvalue weighted by molar-refractivity contribution is 0.300. The maximum atomic E-state index is 13.3. The zero-order valence-corrected chi connectivity index (χ0v) is 11.6. The standard InChI is InChI=1S/C15H14ClF2NO/c1-9(19)12-7-11(17)3-5-15(12)20-8-10-2-4-13(16)14(18)6-10/h2-7,9H,8,19H2,1H3/t9-/m0/s1. The van der Waals surface area contributed by atoms with E-state index in [4.69, 9.17) is 22.1 Å². The minimum absolute atomic E-state index is 0.0619. The Bertz CT molecular complexity index is 617. The summed E-state index contributed by atoms with van der Waals surface area (Å²) in [5.74, 6) is -0.391. The Morgan fingerprint density at radius 3 is 2.60 bits per heavy atom. The molecule has 0 fully saturated rings. The molecule has 0 unspecified atom stereocenters. The number of ether oxygens (including phenoxy) is 1. The first-order chi connectivity index (χ1) is 9.47. The van der Waals surface area contributed by atoms with Gasteiger partial charge in [-0.3, -0.25) is 0 Å². The van der Waals surface area contributed by atoms with E-state index < -0.39 is 5.82 Å². The maximum Gasteiger partial charge on any atom is 0.142 e. The minimum Gasteiger partial charge on any atom is -0.489 e. The molecule has 2 rings (SSSR count). The molecule has 2 N–H and O–H groups in total. The Morgan fingerprint density at radius 2 is 1.95 bits per heavy atom. The van der Waals surface area contributed by atoms with Crippen LogP contribution in [0.2, 0.25) is 5.02 Å². The van der Waals surface area contributed by atoms with Crippen molar-refractivity contribution in [1.82, 2.24) is 0 Å². The summed E-state index contributed by atoms with van der Waals surface area (Å²) in [4.78, 5) is 0. The van der Waals surface area contributed by atoms with E-state index in [0.717, 1.165) is 0 Å². The molecule has 2 aromatic carbocycles. The van der Waals surface area contributed by atoms with Crippen LogP contribution >= 0.6 is 11.6 Å². The quantitative estimate of drug-likeness (QED) is 0.917. The van der Waals surface area contributed by atoms with E-state index in [2.05, 4.69) is 0 Å². The van der Waals surface area contributed by atoms with E-state index in [1.165, 1.54) is 30.3 Å². The number of rotatable bonds is 4. The number of halogens is 3. The van der Waals surface area contributed by atoms with Gasteiger partial charge in [0.15, 0.2) is 0 Å². The third-order valence-corrected chi connectivity index (χ3v) is 3.15. The summed E-state index contributed by atoms with van der Waals surface area (Å²) in [5.41, 5.74) is 6.97. The fourth-order valence-corrected chi connectivity index (χ4v) is 1.91. The molecule has 0 heterocycles. The molecule has 0 radical (unpaired) electrons. The van der Waals surface area contributed by atoms with E-state index in [1.54, 1.807) is 13.0 Å². The lowest BCUT2D eigenvalue weighted by Gasteiger charge is -2.14. The molecule has 1 atom stereocenters. The van der Waals surface area contributed by atoms with E-state index >= 15 is 0 Å². The summed E-state index contributed by atoms with van der Waals surface area (Å²) in [7, 11) is 0. The van der Waals surface area contributed by atoms with Gasteiger partial charge in [-0.2, -0.15) is 0 Å². The number of hydrogen-bond acceptors (Lipinski definition) is 2. The van der Waals surface area contributed by atoms with Gasteiger partial charge < -0.3 is 10.5 Å². The zero-order valence-electron chi connectivity index (χ0n) is 10.9. The van der Waals surface area contributed by atoms with Crippen LogP contribution in [0.15, 0.2) is 36.4 Å². The van der Waals surface area contributed by atoms with Crippen LogP contribution in [0.1, 0.15) is 24.1 Å². The highest BCUT2D eigenvalue weighted by Crippen LogP contribution is 2.26. The van der Waals surface area contributed by atoms with Gasteiger partial charge >= 0.3 is 0 Å². The van der Waals surface area contributed by atoms with Gasteiger partial charge in [0.2, 0.25) is 0 Å². The first kappa shape index (κ1) is 14.8. The first-order valence-electron chi connectivity index (χ1n) is 6.09. The monoisotopic (exact) mass is 297 g/mol. The molecular weight excluding hydrogens is 284 g/mol. The van der Waals surface area contributed by atoms with Crippen molar-refractivity contribution in [1.29, 1.82) is 0 Å². The van der Waals surface area contributed by atoms with Gasteiger partial charge in [0.25, 0.3) is 0 Å². The number of nitrogens with two attached hydrogens (primary N) is 1. The highest BCUT2D eigenvalue weighted by molar-refractivity contribution is 6.30. The van der Waals surface area contributed by atoms with Crippen molar-refractivity contribution in [2.45, 2.75) is 19.6 Å². The lowest BCUT2D eigenvalue weighted by Crippen LogP contribution is -2.08. The molecule has 0 aromatic heterocycles. The number of benzene rings is 2. The summed E-state index contributed by atoms with van der Waals surface area (Å²) in [6, 6.07) is 8.22. The van der Waals surface area contributed by atoms with Crippen molar-refractivity contribution in [2.24, 2.45) is 5.73 Å². The normalized spacial score (nSPS) is 12.2. The molecule has 0 saturated heterocycles. The van der Waals surface area contributed by atoms with Gasteiger partial charge in [0.1, 0.15) is 24.0 Å². The van der Waals surface area contributed by atoms with Crippen LogP contribution in [-0.4, -0.2) is 0 Å². The second kappa shape index (κ2) is 6.20. The molecule has 0 saturated carbocycles. The maximum absolute atomic E-state index is 13.3. The van der Waals surface area contributed by atoms with Gasteiger partial charge in [-0.25, -0.2) is 8.78 Å². The Hall–Kier alpha value is -1.65. The second-order valence-corrected chi connectivity index (χ2v) is 4.92. The summed E-state index contributed by atoms with van der Waals surface area (Å²) >= 11 is 5.61. The predicted molar refractivity (Wildman–Crippen MR) is 74.7 cm³/mol. The molecular formula is C15H14ClF2NO. The first-order valence-corrected chi connectivity index (χ1v) is 6.47. The van der Waals surface area contributed by atoms with Crippen molar-refractivity contribution in [3.8, 4) is 5.75 Å². The Kier molecular flexibility index (Phi) is 4.57. The Balaban J connectivity index is 2.16. The summed E-state index contributed by atoms with van der Waals surface area (Å²) in [6.07, 6.45) is 0. The summed E-state index contributed by atoms with van der Waals surface area (Å²) < 4.78 is 32.1. The van der Waals surface area contributed by atoms with Crippen LogP contribution < -0.4 is 10.5 Å². The molecule has 0 bridgehead atoms. The van der Waals surface area contributed by atoms with Crippen molar-refractivity contribution in [3.05, 3.63) is 64.2 Å². The van der Waals surface area contributed by atoms with Gasteiger partial charge in [-0.05, 0) is 42.8 Å². The lowest BCUT2D eigenvalue weighted by atomic mass is 10.1. The third kappa shape index (κ3) is 3.46. The average Bonchev–Trinajstić information content (AvgIpc) is 2.41. The van der Waals surface area contributed by atoms with Crippen LogP contribution in [0.4, 0.5) is 8.78 Å². The highest BCUT2D eigenvalue weighted by atomic mass is 35.5. The zero-order chi connectivity index (χ0) is 14.7. The highest BCUT2D eigenvalue weighted by Gasteiger charge is 2.10. The molecule has 0 aliphatic carbocycles. The van der Waals surface area contributed by atoms with Gasteiger partial charge in [0.05, 0.1) is 5.02 Å². The minimum atomic E-state index is -0.501. The Labute approximate surface area is 121 Å². The topological polar surface area (TPSA) is 35.2 Å². The molecule has 0 amide bonds. The van der Waals surface area contributed by atoms with E-state index in [-0.39, 0.29) is 23.5 Å². The van der Waals surface area contributed by atoms with Crippen molar-refractivity contribution in [3.63, 3.8) is 0 Å². The fourth-order valence-electron chi connectivity index (χ4n) is 1.80. The van der Waals surface area contributed by atoms with Crippen molar-refractivity contribution >= 4 is 11.6 Å². The molecule has 2 nitrogen and oxygen atoms in total. The second-order valence-electron chi connectivity index (χ2n) is 4.51. The molecule has 20 heavy (non-hydrogen) atoms. The van der Waals surface area contributed by atoms with Crippen LogP contribution in [0.25, 0.3) is 0 Å². The smallest absolute Gasteiger partial charge is 0.142 e. The Morgan fingerprint density at radius 1 is 1.20 bits per heavy atom. The number of hydrogen-bond donors (Lipinski definition) is 1. The van der Waals surface area contributed by atoms with Gasteiger partial charge in [0, 0.05) is 11.6 Å². The fraction of sp³-hybridized carbons (Fsp3) is 0.200. The molecule has 0 spiro atoms. The SMILES string of the molecule is C[C@H](N)c1cc(F)ccc1OCc1ccc(Cl)c(F)c1. The molecule has 0 aliphatic rings. The predicted octanol–water partition coefficient (Wildman–Crippen LogP) is 4.22. The van der Waals surface area contributed by atoms with Crippen LogP contribution in [0, 0.1) is 11.6 Å². The van der Waals surface area contributed by atoms with E-state index in [9.17, 15) is 8.78 Å². The molecule has 5 heteroatoms. The summed E-state index contributed by atoms with van der Waals surface area (Å²) in [6.45, 7) is 1.89. The summed E-state index contributed by atoms with van der Waals surface area (Å²) in [5, 5.41) is 0.0619. The third-order valence-electron chi connectivity index (χ3n) is 2.84. The molecule has 106 valence electrons. The van der Waals surface area contributed by atoms with E-state index in [1.807, 2.05) is 0 Å². The van der Waals surface area contributed by atoms with Crippen molar-refractivity contribution in [2.75, 3.05) is 0 Å². The van der Waals surface area contributed by atoms with Crippen LogP contribution in [0.5, 0.6) is 5.75 Å². The molecule has 2 aromatic rings. The van der Waals surface area contributed by atoms with Crippen molar-refractivity contribution < 1.29 is 13.5 Å². The largest absolute Gasteiger partial charge is 0.489 e. The van der Waals surface area contributed by atoms with Gasteiger partial charge in [-0.1, -0.05) is 17.7 Å².